The summed E-state index contributed by atoms with van der Waals surface area (Å²) >= 11 is 0. The average molecular weight is 141 g/mol. The van der Waals surface area contributed by atoms with Gasteiger partial charge in [0.2, 0.25) is 0 Å². The fraction of sp³-hybridized carbons (Fsp3) is 0.750. The Morgan fingerprint density at radius 3 is 2.40 bits per heavy atom. The number of hydrogen-bond donors (Lipinski definition) is 1. The van der Waals surface area contributed by atoms with E-state index in [1.54, 1.807) is 0 Å². The Morgan fingerprint density at radius 1 is 1.60 bits per heavy atom. The van der Waals surface area contributed by atoms with Crippen molar-refractivity contribution < 1.29 is 5.11 Å². The molecule has 1 aliphatic heterocycles. The molecule has 10 heavy (non-hydrogen) atoms. The molecule has 2 heteroatoms. The van der Waals surface area contributed by atoms with Crippen molar-refractivity contribution in [3.63, 3.8) is 0 Å². The maximum absolute atomic E-state index is 8.95. The van der Waals surface area contributed by atoms with Crippen LogP contribution in [0.5, 0.6) is 0 Å². The lowest BCUT2D eigenvalue weighted by Crippen LogP contribution is -2.50. The van der Waals surface area contributed by atoms with Crippen molar-refractivity contribution in [3.8, 4) is 0 Å². The minimum Gasteiger partial charge on any atom is -0.513 e. The van der Waals surface area contributed by atoms with E-state index in [-0.39, 0.29) is 0 Å². The first-order valence-electron chi connectivity index (χ1n) is 3.73. The van der Waals surface area contributed by atoms with E-state index in [1.807, 2.05) is 0 Å². The highest BCUT2D eigenvalue weighted by Crippen LogP contribution is 2.22. The lowest BCUT2D eigenvalue weighted by atomic mass is 9.97. The molecule has 0 aromatic carbocycles. The van der Waals surface area contributed by atoms with Gasteiger partial charge in [-0.2, -0.15) is 0 Å². The van der Waals surface area contributed by atoms with Crippen LogP contribution in [0.1, 0.15) is 13.8 Å². The molecule has 0 spiro atoms. The standard InChI is InChI=1S/C8H15NO/c1-6(2)9-4-8(5-9)7(3)10/h6,8,10H,3-5H2,1-2H3. The molecule has 1 heterocycles. The maximum Gasteiger partial charge on any atom is 0.0907 e. The Balaban J connectivity index is 2.24. The third kappa shape index (κ3) is 1.32. The monoisotopic (exact) mass is 141 g/mol. The lowest BCUT2D eigenvalue weighted by Gasteiger charge is -2.41. The summed E-state index contributed by atoms with van der Waals surface area (Å²) in [7, 11) is 0. The molecule has 1 N–H and O–H groups in total. The second-order valence-corrected chi connectivity index (χ2v) is 3.24. The molecule has 1 fully saturated rings. The van der Waals surface area contributed by atoms with Crippen LogP contribution >= 0.6 is 0 Å². The third-order valence-corrected chi connectivity index (χ3v) is 2.11. The first kappa shape index (κ1) is 7.61. The SMILES string of the molecule is C=C(O)C1CN(C(C)C)C1. The zero-order valence-corrected chi connectivity index (χ0v) is 6.67. The molecule has 0 radical (unpaired) electrons. The lowest BCUT2D eigenvalue weighted by molar-refractivity contribution is 0.0642. The van der Waals surface area contributed by atoms with E-state index in [9.17, 15) is 0 Å². The molecule has 58 valence electrons. The minimum atomic E-state index is 0.336. The molecule has 0 saturated carbocycles. The smallest absolute Gasteiger partial charge is 0.0907 e. The largest absolute Gasteiger partial charge is 0.513 e. The molecule has 0 unspecified atom stereocenters. The summed E-state index contributed by atoms with van der Waals surface area (Å²) in [4.78, 5) is 2.31. The van der Waals surface area contributed by atoms with Crippen LogP contribution in [0.3, 0.4) is 0 Å². The summed E-state index contributed by atoms with van der Waals surface area (Å²) in [6, 6.07) is 0.607. The summed E-state index contributed by atoms with van der Waals surface area (Å²) in [5, 5.41) is 8.95. The maximum atomic E-state index is 8.95. The number of aliphatic hydroxyl groups is 1. The van der Waals surface area contributed by atoms with Gasteiger partial charge in [0.15, 0.2) is 0 Å². The van der Waals surface area contributed by atoms with Crippen LogP contribution in [0.2, 0.25) is 0 Å². The molecule has 0 amide bonds. The molecule has 0 aromatic rings. The summed E-state index contributed by atoms with van der Waals surface area (Å²) in [6.07, 6.45) is 0. The summed E-state index contributed by atoms with van der Waals surface area (Å²) in [5.41, 5.74) is 0. The van der Waals surface area contributed by atoms with Crippen LogP contribution in [0.25, 0.3) is 0 Å². The van der Waals surface area contributed by atoms with Gasteiger partial charge in [-0.3, -0.25) is 4.90 Å². The predicted molar refractivity (Wildman–Crippen MR) is 42.0 cm³/mol. The van der Waals surface area contributed by atoms with Gasteiger partial charge in [0.1, 0.15) is 0 Å². The van der Waals surface area contributed by atoms with Crippen LogP contribution < -0.4 is 0 Å². The van der Waals surface area contributed by atoms with Crippen LogP contribution in [0, 0.1) is 5.92 Å². The van der Waals surface area contributed by atoms with Gasteiger partial charge in [0.25, 0.3) is 0 Å². The van der Waals surface area contributed by atoms with Gasteiger partial charge in [-0.25, -0.2) is 0 Å². The van der Waals surface area contributed by atoms with Crippen LogP contribution in [0.15, 0.2) is 12.3 Å². The number of likely N-dealkylation sites (tertiary alicyclic amines) is 1. The predicted octanol–water partition coefficient (Wildman–Crippen LogP) is 1.40. The van der Waals surface area contributed by atoms with Gasteiger partial charge in [0.05, 0.1) is 5.76 Å². The molecule has 1 rings (SSSR count). The summed E-state index contributed by atoms with van der Waals surface area (Å²) < 4.78 is 0. The van der Waals surface area contributed by atoms with E-state index in [0.717, 1.165) is 13.1 Å². The fourth-order valence-electron chi connectivity index (χ4n) is 1.15. The van der Waals surface area contributed by atoms with E-state index in [0.29, 0.717) is 17.7 Å². The summed E-state index contributed by atoms with van der Waals surface area (Å²) in [5.74, 6) is 0.680. The van der Waals surface area contributed by atoms with E-state index in [2.05, 4.69) is 25.3 Å². The zero-order valence-electron chi connectivity index (χ0n) is 6.67. The topological polar surface area (TPSA) is 23.5 Å². The first-order valence-corrected chi connectivity index (χ1v) is 3.73. The molecule has 0 aliphatic carbocycles. The normalized spacial score (nSPS) is 21.1. The molecule has 0 atom stereocenters. The van der Waals surface area contributed by atoms with E-state index < -0.39 is 0 Å². The van der Waals surface area contributed by atoms with E-state index in [4.69, 9.17) is 5.11 Å². The van der Waals surface area contributed by atoms with Gasteiger partial charge in [-0.05, 0) is 13.8 Å². The van der Waals surface area contributed by atoms with Crippen molar-refractivity contribution in [1.29, 1.82) is 0 Å². The van der Waals surface area contributed by atoms with Crippen molar-refractivity contribution in [2.45, 2.75) is 19.9 Å². The van der Waals surface area contributed by atoms with Gasteiger partial charge in [-0.1, -0.05) is 6.58 Å². The van der Waals surface area contributed by atoms with Gasteiger partial charge in [0, 0.05) is 25.0 Å². The molecule has 1 saturated heterocycles. The Hall–Kier alpha value is -0.500. The number of hydrogen-bond acceptors (Lipinski definition) is 2. The number of rotatable bonds is 2. The molecule has 0 aromatic heterocycles. The zero-order chi connectivity index (χ0) is 7.72. The van der Waals surface area contributed by atoms with Gasteiger partial charge >= 0.3 is 0 Å². The van der Waals surface area contributed by atoms with Crippen LogP contribution in [-0.4, -0.2) is 29.1 Å². The Labute approximate surface area is 62.2 Å². The van der Waals surface area contributed by atoms with Crippen molar-refractivity contribution in [1.82, 2.24) is 4.90 Å². The fourth-order valence-corrected chi connectivity index (χ4v) is 1.15. The third-order valence-electron chi connectivity index (χ3n) is 2.11. The van der Waals surface area contributed by atoms with Crippen molar-refractivity contribution in [2.75, 3.05) is 13.1 Å². The molecular formula is C8H15NO. The van der Waals surface area contributed by atoms with Gasteiger partial charge < -0.3 is 5.11 Å². The Bertz CT molecular complexity index is 136. The highest BCUT2D eigenvalue weighted by molar-refractivity contribution is 4.98. The first-order chi connectivity index (χ1) is 4.61. The molecular weight excluding hydrogens is 126 g/mol. The number of nitrogens with zero attached hydrogens (tertiary/aromatic N) is 1. The van der Waals surface area contributed by atoms with Crippen molar-refractivity contribution in [2.24, 2.45) is 5.92 Å². The Morgan fingerprint density at radius 2 is 2.10 bits per heavy atom. The molecule has 0 bridgehead atoms. The van der Waals surface area contributed by atoms with Gasteiger partial charge in [-0.15, -0.1) is 0 Å². The number of aliphatic hydroxyl groups excluding tert-OH is 1. The second-order valence-electron chi connectivity index (χ2n) is 3.24. The average Bonchev–Trinajstić information content (AvgIpc) is 1.56. The molecule has 1 aliphatic rings. The highest BCUT2D eigenvalue weighted by Gasteiger charge is 2.29. The van der Waals surface area contributed by atoms with Crippen molar-refractivity contribution >= 4 is 0 Å². The quantitative estimate of drug-likeness (QED) is 0.587. The minimum absolute atomic E-state index is 0.336. The van der Waals surface area contributed by atoms with E-state index >= 15 is 0 Å². The Kier molecular flexibility index (Phi) is 2.00. The van der Waals surface area contributed by atoms with E-state index in [1.165, 1.54) is 0 Å². The molecule has 2 nitrogen and oxygen atoms in total. The van der Waals surface area contributed by atoms with Crippen molar-refractivity contribution in [3.05, 3.63) is 12.3 Å². The highest BCUT2D eigenvalue weighted by atomic mass is 16.3. The second kappa shape index (κ2) is 2.62. The van der Waals surface area contributed by atoms with Crippen LogP contribution in [0.4, 0.5) is 0 Å². The summed E-state index contributed by atoms with van der Waals surface area (Å²) in [6.45, 7) is 9.78. The van der Waals surface area contributed by atoms with Crippen LogP contribution in [-0.2, 0) is 0 Å².